The molecule has 0 spiro atoms. The third-order valence-corrected chi connectivity index (χ3v) is 4.19. The molecule has 104 valence electrons. The first-order valence-corrected chi connectivity index (χ1v) is 7.32. The van der Waals surface area contributed by atoms with E-state index in [1.54, 1.807) is 7.11 Å². The minimum Gasteiger partial charge on any atom is -0.384 e. The fraction of sp³-hybridized carbons (Fsp3) is 0.929. The Balaban J connectivity index is 1.79. The van der Waals surface area contributed by atoms with Crippen molar-refractivity contribution in [2.45, 2.75) is 44.6 Å². The van der Waals surface area contributed by atoms with Crippen LogP contribution in [0.1, 0.15) is 38.5 Å². The number of hydrogen-bond acceptors (Lipinski definition) is 3. The van der Waals surface area contributed by atoms with E-state index in [0.717, 1.165) is 45.5 Å². The number of methoxy groups -OCH3 is 1. The van der Waals surface area contributed by atoms with E-state index in [4.69, 9.17) is 4.74 Å². The number of carbonyl (C=O) groups excluding carboxylic acids is 1. The maximum atomic E-state index is 12.4. The van der Waals surface area contributed by atoms with Crippen LogP contribution in [0, 0.1) is 5.92 Å². The number of piperidine rings is 1. The van der Waals surface area contributed by atoms with E-state index in [0.29, 0.717) is 11.8 Å². The molecule has 1 amide bonds. The van der Waals surface area contributed by atoms with Crippen LogP contribution in [-0.4, -0.2) is 50.2 Å². The quantitative estimate of drug-likeness (QED) is 0.828. The third kappa shape index (κ3) is 3.69. The zero-order chi connectivity index (χ0) is 12.8. The van der Waals surface area contributed by atoms with Gasteiger partial charge in [-0.1, -0.05) is 12.8 Å². The van der Waals surface area contributed by atoms with E-state index in [1.165, 1.54) is 19.3 Å². The van der Waals surface area contributed by atoms with Gasteiger partial charge in [0.15, 0.2) is 0 Å². The normalized spacial score (nSPS) is 26.9. The Morgan fingerprint density at radius 1 is 1.22 bits per heavy atom. The Bertz CT molecular complexity index is 255. The average Bonchev–Trinajstić information content (AvgIpc) is 2.68. The van der Waals surface area contributed by atoms with Gasteiger partial charge in [0, 0.05) is 26.8 Å². The Morgan fingerprint density at radius 3 is 2.72 bits per heavy atom. The standard InChI is InChI=1S/C14H26N2O2/c1-18-11-12-6-9-16(10-7-12)14(17)13-5-3-2-4-8-15-13/h12-13,15H,2-11H2,1H3. The highest BCUT2D eigenvalue weighted by molar-refractivity contribution is 5.82. The van der Waals surface area contributed by atoms with Gasteiger partial charge in [-0.25, -0.2) is 0 Å². The summed E-state index contributed by atoms with van der Waals surface area (Å²) in [6.07, 6.45) is 6.84. The molecule has 2 saturated heterocycles. The summed E-state index contributed by atoms with van der Waals surface area (Å²) < 4.78 is 5.19. The van der Waals surface area contributed by atoms with Crippen molar-refractivity contribution in [3.63, 3.8) is 0 Å². The van der Waals surface area contributed by atoms with Crippen molar-refractivity contribution in [3.05, 3.63) is 0 Å². The van der Waals surface area contributed by atoms with Gasteiger partial charge in [0.05, 0.1) is 6.04 Å². The van der Waals surface area contributed by atoms with Crippen molar-refractivity contribution in [2.24, 2.45) is 5.92 Å². The summed E-state index contributed by atoms with van der Waals surface area (Å²) in [5.41, 5.74) is 0. The lowest BCUT2D eigenvalue weighted by Crippen LogP contribution is -2.49. The molecular formula is C14H26N2O2. The van der Waals surface area contributed by atoms with Gasteiger partial charge in [-0.3, -0.25) is 4.79 Å². The fourth-order valence-electron chi connectivity index (χ4n) is 3.02. The van der Waals surface area contributed by atoms with Crippen molar-refractivity contribution < 1.29 is 9.53 Å². The van der Waals surface area contributed by atoms with Crippen molar-refractivity contribution in [2.75, 3.05) is 33.4 Å². The molecule has 0 radical (unpaired) electrons. The maximum absolute atomic E-state index is 12.4. The molecule has 4 heteroatoms. The van der Waals surface area contributed by atoms with Crippen LogP contribution in [0.5, 0.6) is 0 Å². The first kappa shape index (κ1) is 13.8. The lowest BCUT2D eigenvalue weighted by atomic mass is 9.97. The molecule has 0 aliphatic carbocycles. The van der Waals surface area contributed by atoms with Gasteiger partial charge in [-0.2, -0.15) is 0 Å². The molecule has 1 atom stereocenters. The molecular weight excluding hydrogens is 228 g/mol. The number of hydrogen-bond donors (Lipinski definition) is 1. The molecule has 0 aromatic carbocycles. The molecule has 0 saturated carbocycles. The second-order valence-electron chi connectivity index (χ2n) is 5.58. The van der Waals surface area contributed by atoms with Gasteiger partial charge in [0.2, 0.25) is 5.91 Å². The first-order chi connectivity index (χ1) is 8.81. The van der Waals surface area contributed by atoms with Crippen LogP contribution in [0.3, 0.4) is 0 Å². The zero-order valence-corrected chi connectivity index (χ0v) is 11.5. The lowest BCUT2D eigenvalue weighted by Gasteiger charge is -2.34. The molecule has 0 bridgehead atoms. The van der Waals surface area contributed by atoms with Gasteiger partial charge in [0.25, 0.3) is 0 Å². The molecule has 1 N–H and O–H groups in total. The number of likely N-dealkylation sites (tertiary alicyclic amines) is 1. The number of amides is 1. The largest absolute Gasteiger partial charge is 0.384 e. The molecule has 18 heavy (non-hydrogen) atoms. The molecule has 0 aromatic heterocycles. The maximum Gasteiger partial charge on any atom is 0.239 e. The van der Waals surface area contributed by atoms with Gasteiger partial charge in [0.1, 0.15) is 0 Å². The Kier molecular flexibility index (Phi) is 5.45. The highest BCUT2D eigenvalue weighted by Crippen LogP contribution is 2.19. The van der Waals surface area contributed by atoms with E-state index in [1.807, 2.05) is 0 Å². The number of nitrogens with one attached hydrogen (secondary N) is 1. The van der Waals surface area contributed by atoms with Crippen LogP contribution < -0.4 is 5.32 Å². The molecule has 2 aliphatic heterocycles. The van der Waals surface area contributed by atoms with Gasteiger partial charge in [-0.05, 0) is 38.1 Å². The highest BCUT2D eigenvalue weighted by Gasteiger charge is 2.28. The van der Waals surface area contributed by atoms with Crippen LogP contribution in [0.2, 0.25) is 0 Å². The fourth-order valence-corrected chi connectivity index (χ4v) is 3.02. The van der Waals surface area contributed by atoms with Crippen LogP contribution in [0.25, 0.3) is 0 Å². The molecule has 0 aromatic rings. The zero-order valence-electron chi connectivity index (χ0n) is 11.5. The monoisotopic (exact) mass is 254 g/mol. The van der Waals surface area contributed by atoms with E-state index in [2.05, 4.69) is 10.2 Å². The topological polar surface area (TPSA) is 41.6 Å². The van der Waals surface area contributed by atoms with Gasteiger partial charge < -0.3 is 15.0 Å². The number of nitrogens with zero attached hydrogens (tertiary/aromatic N) is 1. The predicted octanol–water partition coefficient (Wildman–Crippen LogP) is 1.40. The van der Waals surface area contributed by atoms with Gasteiger partial charge in [-0.15, -0.1) is 0 Å². The summed E-state index contributed by atoms with van der Waals surface area (Å²) in [5.74, 6) is 0.967. The van der Waals surface area contributed by atoms with E-state index < -0.39 is 0 Å². The van der Waals surface area contributed by atoms with Crippen molar-refractivity contribution in [1.82, 2.24) is 10.2 Å². The predicted molar refractivity (Wildman–Crippen MR) is 71.4 cm³/mol. The Morgan fingerprint density at radius 2 is 2.00 bits per heavy atom. The Labute approximate surface area is 110 Å². The Hall–Kier alpha value is -0.610. The number of carbonyl (C=O) groups is 1. The molecule has 1 unspecified atom stereocenters. The third-order valence-electron chi connectivity index (χ3n) is 4.19. The van der Waals surface area contributed by atoms with E-state index in [9.17, 15) is 4.79 Å². The minimum atomic E-state index is 0.0754. The number of ether oxygens (including phenoxy) is 1. The molecule has 2 rings (SSSR count). The van der Waals surface area contributed by atoms with Crippen LogP contribution >= 0.6 is 0 Å². The molecule has 2 heterocycles. The lowest BCUT2D eigenvalue weighted by molar-refractivity contribution is -0.135. The summed E-state index contributed by atoms with van der Waals surface area (Å²) in [4.78, 5) is 14.5. The van der Waals surface area contributed by atoms with Crippen molar-refractivity contribution in [1.29, 1.82) is 0 Å². The van der Waals surface area contributed by atoms with E-state index >= 15 is 0 Å². The summed E-state index contributed by atoms with van der Waals surface area (Å²) in [7, 11) is 1.76. The minimum absolute atomic E-state index is 0.0754. The van der Waals surface area contributed by atoms with Crippen molar-refractivity contribution >= 4 is 5.91 Å². The molecule has 4 nitrogen and oxygen atoms in total. The summed E-state index contributed by atoms with van der Waals surface area (Å²) >= 11 is 0. The summed E-state index contributed by atoms with van der Waals surface area (Å²) in [5, 5.41) is 3.40. The second-order valence-corrected chi connectivity index (χ2v) is 5.58. The second kappa shape index (κ2) is 7.10. The van der Waals surface area contributed by atoms with Gasteiger partial charge >= 0.3 is 0 Å². The average molecular weight is 254 g/mol. The van der Waals surface area contributed by atoms with Crippen LogP contribution in [0.4, 0.5) is 0 Å². The van der Waals surface area contributed by atoms with Crippen LogP contribution in [0.15, 0.2) is 0 Å². The smallest absolute Gasteiger partial charge is 0.239 e. The molecule has 2 fully saturated rings. The SMILES string of the molecule is COCC1CCN(C(=O)C2CCCCCN2)CC1. The van der Waals surface area contributed by atoms with Crippen LogP contribution in [-0.2, 0) is 9.53 Å². The van der Waals surface area contributed by atoms with Crippen molar-refractivity contribution in [3.8, 4) is 0 Å². The highest BCUT2D eigenvalue weighted by atomic mass is 16.5. The van der Waals surface area contributed by atoms with E-state index in [-0.39, 0.29) is 6.04 Å². The molecule has 2 aliphatic rings. The summed E-state index contributed by atoms with van der Waals surface area (Å²) in [6.45, 7) is 3.65. The number of rotatable bonds is 3. The summed E-state index contributed by atoms with van der Waals surface area (Å²) in [6, 6.07) is 0.0754. The first-order valence-electron chi connectivity index (χ1n) is 7.32.